The molecule has 1 N–H and O–H groups in total. The summed E-state index contributed by atoms with van der Waals surface area (Å²) < 4.78 is 0. The van der Waals surface area contributed by atoms with Crippen molar-refractivity contribution < 1.29 is 4.79 Å². The molecule has 1 amide bonds. The van der Waals surface area contributed by atoms with Gasteiger partial charge in [-0.3, -0.25) is 4.79 Å². The molecule has 2 nitrogen and oxygen atoms in total. The number of carbonyl (C=O) groups excluding carboxylic acids is 1. The maximum absolute atomic E-state index is 11.1. The van der Waals surface area contributed by atoms with Crippen molar-refractivity contribution in [2.75, 3.05) is 11.1 Å². The molecule has 1 aromatic carbocycles. The molecule has 1 aromatic rings. The van der Waals surface area contributed by atoms with Crippen LogP contribution < -0.4 is 5.32 Å². The zero-order chi connectivity index (χ0) is 9.97. The number of rotatable bonds is 2. The molecule has 0 saturated carbocycles. The largest absolute Gasteiger partial charge is 0.324 e. The van der Waals surface area contributed by atoms with Gasteiger partial charge in [0.05, 0.1) is 11.4 Å². The number of carbonyl (C=O) groups is 1. The van der Waals surface area contributed by atoms with Crippen LogP contribution in [0.3, 0.4) is 0 Å². The van der Waals surface area contributed by atoms with E-state index in [0.29, 0.717) is 5.75 Å². The maximum Gasteiger partial charge on any atom is 0.234 e. The molecule has 0 bridgehead atoms. The average Bonchev–Trinajstić information content (AvgIpc) is 2.17. The predicted octanol–water partition coefficient (Wildman–Crippen LogP) is 2.46. The van der Waals surface area contributed by atoms with Crippen molar-refractivity contribution in [1.29, 1.82) is 0 Å². The van der Waals surface area contributed by atoms with Gasteiger partial charge in [-0.25, -0.2) is 0 Å². The van der Waals surface area contributed by atoms with E-state index in [2.05, 4.69) is 24.0 Å². The van der Waals surface area contributed by atoms with E-state index in [9.17, 15) is 4.79 Å². The van der Waals surface area contributed by atoms with E-state index in [4.69, 9.17) is 0 Å². The summed E-state index contributed by atoms with van der Waals surface area (Å²) in [5.74, 6) is 0.603. The number of amides is 1. The molecular weight excluding hydrogens is 194 g/mol. The van der Waals surface area contributed by atoms with Gasteiger partial charge in [0.2, 0.25) is 5.91 Å². The van der Waals surface area contributed by atoms with Gasteiger partial charge in [0.15, 0.2) is 0 Å². The molecule has 1 heterocycles. The van der Waals surface area contributed by atoms with Gasteiger partial charge in [-0.05, 0) is 24.1 Å². The number of fused-ring (bicyclic) bond motifs is 1. The molecule has 0 aromatic heterocycles. The molecule has 0 atom stereocenters. The van der Waals surface area contributed by atoms with Crippen molar-refractivity contribution >= 4 is 23.4 Å². The molecule has 0 saturated heterocycles. The normalized spacial score (nSPS) is 14.4. The van der Waals surface area contributed by atoms with Crippen molar-refractivity contribution in [2.24, 2.45) is 0 Å². The van der Waals surface area contributed by atoms with Gasteiger partial charge in [-0.2, -0.15) is 0 Å². The van der Waals surface area contributed by atoms with E-state index in [1.165, 1.54) is 5.56 Å². The second kappa shape index (κ2) is 3.88. The van der Waals surface area contributed by atoms with Crippen molar-refractivity contribution in [3.05, 3.63) is 36.4 Å². The number of nitrogens with one attached hydrogen (secondary N) is 1. The predicted molar refractivity (Wildman–Crippen MR) is 59.7 cm³/mol. The van der Waals surface area contributed by atoms with Gasteiger partial charge >= 0.3 is 0 Å². The van der Waals surface area contributed by atoms with Gasteiger partial charge < -0.3 is 5.32 Å². The molecule has 2 rings (SSSR count). The Hall–Kier alpha value is -1.22. The molecule has 1 aliphatic heterocycles. The smallest absolute Gasteiger partial charge is 0.234 e. The summed E-state index contributed by atoms with van der Waals surface area (Å²) >= 11 is 1.59. The summed E-state index contributed by atoms with van der Waals surface area (Å²) in [5, 5.41) is 2.86. The van der Waals surface area contributed by atoms with Crippen LogP contribution in [0.5, 0.6) is 0 Å². The lowest BCUT2D eigenvalue weighted by molar-refractivity contribution is -0.113. The van der Waals surface area contributed by atoms with Gasteiger partial charge in [-0.15, -0.1) is 18.3 Å². The Morgan fingerprint density at radius 3 is 3.21 bits per heavy atom. The Labute approximate surface area is 87.4 Å². The first-order chi connectivity index (χ1) is 6.79. The van der Waals surface area contributed by atoms with Gasteiger partial charge in [0.1, 0.15) is 0 Å². The molecular formula is C11H11NOS. The maximum atomic E-state index is 11.1. The number of thioether (sulfide) groups is 1. The van der Waals surface area contributed by atoms with Crippen LogP contribution in [0, 0.1) is 0 Å². The quantitative estimate of drug-likeness (QED) is 0.751. The Kier molecular flexibility index (Phi) is 2.59. The minimum absolute atomic E-state index is 0.0817. The Bertz CT molecular complexity index is 387. The summed E-state index contributed by atoms with van der Waals surface area (Å²) in [7, 11) is 0. The van der Waals surface area contributed by atoms with Gasteiger partial charge in [0, 0.05) is 4.90 Å². The van der Waals surface area contributed by atoms with Crippen molar-refractivity contribution in [2.45, 2.75) is 11.3 Å². The van der Waals surface area contributed by atoms with E-state index in [1.54, 1.807) is 11.8 Å². The average molecular weight is 205 g/mol. The van der Waals surface area contributed by atoms with Crippen LogP contribution in [0.1, 0.15) is 5.56 Å². The highest BCUT2D eigenvalue weighted by molar-refractivity contribution is 8.00. The fraction of sp³-hybridized carbons (Fsp3) is 0.182. The fourth-order valence-corrected chi connectivity index (χ4v) is 2.21. The van der Waals surface area contributed by atoms with Gasteiger partial charge in [-0.1, -0.05) is 12.1 Å². The van der Waals surface area contributed by atoms with Crippen LogP contribution in [0.25, 0.3) is 0 Å². The van der Waals surface area contributed by atoms with Crippen LogP contribution in [-0.4, -0.2) is 11.7 Å². The topological polar surface area (TPSA) is 29.1 Å². The minimum atomic E-state index is 0.0817. The molecule has 0 fully saturated rings. The summed E-state index contributed by atoms with van der Waals surface area (Å²) in [4.78, 5) is 12.3. The first-order valence-corrected chi connectivity index (χ1v) is 5.44. The molecule has 0 spiro atoms. The summed E-state index contributed by atoms with van der Waals surface area (Å²) in [6.45, 7) is 3.69. The number of benzene rings is 1. The molecule has 0 radical (unpaired) electrons. The van der Waals surface area contributed by atoms with E-state index < -0.39 is 0 Å². The summed E-state index contributed by atoms with van der Waals surface area (Å²) in [6.07, 6.45) is 2.70. The second-order valence-electron chi connectivity index (χ2n) is 3.16. The number of anilines is 1. The van der Waals surface area contributed by atoms with E-state index in [1.807, 2.05) is 12.1 Å². The third-order valence-corrected chi connectivity index (χ3v) is 3.13. The highest BCUT2D eigenvalue weighted by atomic mass is 32.2. The Balaban J connectivity index is 2.32. The second-order valence-corrected chi connectivity index (χ2v) is 4.18. The monoisotopic (exact) mass is 205 g/mol. The lowest BCUT2D eigenvalue weighted by Crippen LogP contribution is -2.18. The molecule has 72 valence electrons. The lowest BCUT2D eigenvalue weighted by atomic mass is 10.1. The Morgan fingerprint density at radius 1 is 1.57 bits per heavy atom. The molecule has 1 aliphatic rings. The zero-order valence-corrected chi connectivity index (χ0v) is 8.56. The van der Waals surface area contributed by atoms with Crippen LogP contribution in [0.2, 0.25) is 0 Å². The van der Waals surface area contributed by atoms with Crippen molar-refractivity contribution in [3.8, 4) is 0 Å². The fourth-order valence-electron chi connectivity index (χ4n) is 1.42. The highest BCUT2D eigenvalue weighted by Gasteiger charge is 2.14. The third kappa shape index (κ3) is 1.82. The number of allylic oxidation sites excluding steroid dienone is 1. The lowest BCUT2D eigenvalue weighted by Gasteiger charge is -2.16. The van der Waals surface area contributed by atoms with Crippen LogP contribution >= 0.6 is 11.8 Å². The molecule has 0 aliphatic carbocycles. The van der Waals surface area contributed by atoms with E-state index >= 15 is 0 Å². The third-order valence-electron chi connectivity index (χ3n) is 2.06. The van der Waals surface area contributed by atoms with E-state index in [0.717, 1.165) is 17.0 Å². The van der Waals surface area contributed by atoms with E-state index in [-0.39, 0.29) is 5.91 Å². The summed E-state index contributed by atoms with van der Waals surface area (Å²) in [6, 6.07) is 6.14. The standard InChI is InChI=1S/C11H11NOS/c1-2-3-8-4-5-10-9(6-8)12-11(13)7-14-10/h2,4-6H,1,3,7H2,(H,12,13). The molecule has 14 heavy (non-hydrogen) atoms. The SMILES string of the molecule is C=CCc1ccc2c(c1)NC(=O)CS2. The minimum Gasteiger partial charge on any atom is -0.324 e. The first-order valence-electron chi connectivity index (χ1n) is 4.46. The van der Waals surface area contributed by atoms with Crippen LogP contribution in [-0.2, 0) is 11.2 Å². The van der Waals surface area contributed by atoms with Crippen molar-refractivity contribution in [1.82, 2.24) is 0 Å². The number of hydrogen-bond donors (Lipinski definition) is 1. The zero-order valence-electron chi connectivity index (χ0n) is 7.75. The number of hydrogen-bond acceptors (Lipinski definition) is 2. The molecule has 0 unspecified atom stereocenters. The van der Waals surface area contributed by atoms with Crippen molar-refractivity contribution in [3.63, 3.8) is 0 Å². The first kappa shape index (κ1) is 9.34. The van der Waals surface area contributed by atoms with Crippen LogP contribution in [0.15, 0.2) is 35.7 Å². The summed E-state index contributed by atoms with van der Waals surface area (Å²) in [5.41, 5.74) is 2.12. The highest BCUT2D eigenvalue weighted by Crippen LogP contribution is 2.31. The molecule has 3 heteroatoms. The van der Waals surface area contributed by atoms with Crippen LogP contribution in [0.4, 0.5) is 5.69 Å². The Morgan fingerprint density at radius 2 is 2.43 bits per heavy atom. The van der Waals surface area contributed by atoms with Gasteiger partial charge in [0.25, 0.3) is 0 Å².